The van der Waals surface area contributed by atoms with Gasteiger partial charge in [-0.1, -0.05) is 18.0 Å². The molecular weight excluding hydrogens is 348 g/mol. The number of nitrogens with zero attached hydrogens (tertiary/aromatic N) is 4. The van der Waals surface area contributed by atoms with E-state index in [1.807, 2.05) is 4.90 Å². The monoisotopic (exact) mass is 374 g/mol. The first-order valence-corrected chi connectivity index (χ1v) is 10.1. The minimum atomic E-state index is -0.864. The van der Waals surface area contributed by atoms with E-state index in [4.69, 9.17) is 4.52 Å². The van der Waals surface area contributed by atoms with Gasteiger partial charge in [0.05, 0.1) is 6.54 Å². The molecule has 2 aliphatic heterocycles. The van der Waals surface area contributed by atoms with Gasteiger partial charge in [-0.2, -0.15) is 4.98 Å². The molecule has 4 fully saturated rings. The summed E-state index contributed by atoms with van der Waals surface area (Å²) >= 11 is 0. The Balaban J connectivity index is 1.27. The van der Waals surface area contributed by atoms with Crippen LogP contribution in [0.25, 0.3) is 0 Å². The van der Waals surface area contributed by atoms with Gasteiger partial charge in [-0.05, 0) is 25.7 Å². The lowest BCUT2D eigenvalue weighted by Gasteiger charge is -2.26. The second-order valence-electron chi connectivity index (χ2n) is 8.85. The molecule has 1 aromatic heterocycles. The number of carboxylic acid groups (broad SMARTS) is 1. The van der Waals surface area contributed by atoms with E-state index in [-0.39, 0.29) is 17.7 Å². The number of aromatic nitrogens is 2. The van der Waals surface area contributed by atoms with Crippen molar-refractivity contribution in [1.82, 2.24) is 19.9 Å². The zero-order valence-electron chi connectivity index (χ0n) is 15.5. The zero-order chi connectivity index (χ0) is 18.6. The van der Waals surface area contributed by atoms with Crippen LogP contribution in [0.3, 0.4) is 0 Å². The number of likely N-dealkylation sites (tertiary alicyclic amines) is 2. The number of carboxylic acids is 1. The first kappa shape index (κ1) is 17.2. The quantitative estimate of drug-likeness (QED) is 0.833. The minimum absolute atomic E-state index is 0.0323. The second-order valence-corrected chi connectivity index (χ2v) is 8.85. The topological polar surface area (TPSA) is 99.8 Å². The highest BCUT2D eigenvalue weighted by Gasteiger charge is 2.58. The lowest BCUT2D eigenvalue weighted by molar-refractivity contribution is -0.149. The molecule has 0 unspecified atom stereocenters. The van der Waals surface area contributed by atoms with E-state index >= 15 is 0 Å². The number of carbonyl (C=O) groups excluding carboxylic acids is 1. The fourth-order valence-corrected chi connectivity index (χ4v) is 5.22. The van der Waals surface area contributed by atoms with Crippen LogP contribution < -0.4 is 0 Å². The second kappa shape index (κ2) is 6.29. The van der Waals surface area contributed by atoms with E-state index in [2.05, 4.69) is 15.0 Å². The third-order valence-electron chi connectivity index (χ3n) is 6.90. The number of aliphatic carboxylic acids is 1. The molecule has 3 heterocycles. The number of hydrogen-bond donors (Lipinski definition) is 1. The van der Waals surface area contributed by atoms with Crippen molar-refractivity contribution < 1.29 is 19.2 Å². The van der Waals surface area contributed by atoms with E-state index in [1.165, 1.54) is 0 Å². The molecule has 0 radical (unpaired) electrons. The predicted octanol–water partition coefficient (Wildman–Crippen LogP) is 1.48. The van der Waals surface area contributed by atoms with Gasteiger partial charge in [-0.25, -0.2) is 0 Å². The van der Waals surface area contributed by atoms with Crippen molar-refractivity contribution in [3.63, 3.8) is 0 Å². The van der Waals surface area contributed by atoms with Gasteiger partial charge in [0, 0.05) is 43.9 Å². The smallest absolute Gasteiger partial charge is 0.313 e. The largest absolute Gasteiger partial charge is 0.481 e. The Morgan fingerprint density at radius 3 is 2.59 bits per heavy atom. The summed E-state index contributed by atoms with van der Waals surface area (Å²) in [7, 11) is 0. The maximum atomic E-state index is 12.8. The van der Waals surface area contributed by atoms with E-state index in [0.29, 0.717) is 50.4 Å². The molecule has 2 saturated heterocycles. The molecule has 0 bridgehead atoms. The lowest BCUT2D eigenvalue weighted by Crippen LogP contribution is -2.43. The van der Waals surface area contributed by atoms with Crippen LogP contribution in [0, 0.1) is 17.3 Å². The minimum Gasteiger partial charge on any atom is -0.481 e. The van der Waals surface area contributed by atoms with Crippen LogP contribution in [0.4, 0.5) is 0 Å². The SMILES string of the molecule is O=C(C1CCCC1)N1C[C@@H]2CN(Cc3noc(C4CC4)n3)C[C@]2(C(=O)O)C1. The summed E-state index contributed by atoms with van der Waals surface area (Å²) in [6, 6.07) is 0. The van der Waals surface area contributed by atoms with Crippen LogP contribution in [0.15, 0.2) is 4.52 Å². The third-order valence-corrected chi connectivity index (χ3v) is 6.90. The molecule has 5 rings (SSSR count). The van der Waals surface area contributed by atoms with Crippen molar-refractivity contribution in [3.8, 4) is 0 Å². The molecule has 2 aliphatic carbocycles. The molecular formula is C19H26N4O4. The van der Waals surface area contributed by atoms with Gasteiger partial charge < -0.3 is 14.5 Å². The number of carbonyl (C=O) groups is 2. The van der Waals surface area contributed by atoms with Crippen LogP contribution in [-0.4, -0.2) is 63.1 Å². The molecule has 1 aromatic rings. The first-order valence-electron chi connectivity index (χ1n) is 10.1. The normalized spacial score (nSPS) is 31.6. The van der Waals surface area contributed by atoms with Gasteiger partial charge in [0.2, 0.25) is 11.8 Å². The molecule has 4 aliphatic rings. The van der Waals surface area contributed by atoms with Crippen molar-refractivity contribution in [3.05, 3.63) is 11.7 Å². The Bertz CT molecular complexity index is 755. The van der Waals surface area contributed by atoms with E-state index in [9.17, 15) is 14.7 Å². The highest BCUT2D eigenvalue weighted by molar-refractivity contribution is 5.83. The van der Waals surface area contributed by atoms with Gasteiger partial charge in [0.1, 0.15) is 5.41 Å². The van der Waals surface area contributed by atoms with Gasteiger partial charge in [0.25, 0.3) is 0 Å². The fourth-order valence-electron chi connectivity index (χ4n) is 5.22. The van der Waals surface area contributed by atoms with Crippen molar-refractivity contribution >= 4 is 11.9 Å². The van der Waals surface area contributed by atoms with Gasteiger partial charge in [-0.3, -0.25) is 14.5 Å². The van der Waals surface area contributed by atoms with Crippen molar-refractivity contribution in [2.24, 2.45) is 17.3 Å². The molecule has 8 nitrogen and oxygen atoms in total. The van der Waals surface area contributed by atoms with Gasteiger partial charge >= 0.3 is 5.97 Å². The highest BCUT2D eigenvalue weighted by atomic mass is 16.5. The molecule has 1 amide bonds. The van der Waals surface area contributed by atoms with Crippen molar-refractivity contribution in [2.45, 2.75) is 51.0 Å². The van der Waals surface area contributed by atoms with Gasteiger partial charge in [0.15, 0.2) is 5.82 Å². The van der Waals surface area contributed by atoms with E-state index < -0.39 is 11.4 Å². The lowest BCUT2D eigenvalue weighted by atomic mass is 9.81. The average molecular weight is 374 g/mol. The molecule has 27 heavy (non-hydrogen) atoms. The summed E-state index contributed by atoms with van der Waals surface area (Å²) in [6.45, 7) is 2.50. The maximum absolute atomic E-state index is 12.8. The van der Waals surface area contributed by atoms with E-state index in [0.717, 1.165) is 38.5 Å². The van der Waals surface area contributed by atoms with Crippen LogP contribution >= 0.6 is 0 Å². The standard InChI is InChI=1S/C19H26N4O4/c24-17(13-3-1-2-4-13)23-8-14-7-22(10-19(14,11-23)18(25)26)9-15-20-16(27-21-15)12-5-6-12/h12-14H,1-11H2,(H,25,26)/t14-,19-/m0/s1. The zero-order valence-corrected chi connectivity index (χ0v) is 15.5. The molecule has 8 heteroatoms. The summed E-state index contributed by atoms with van der Waals surface area (Å²) in [6.07, 6.45) is 6.35. The summed E-state index contributed by atoms with van der Waals surface area (Å²) in [5.74, 6) is 1.22. The Labute approximate surface area is 157 Å². The van der Waals surface area contributed by atoms with Crippen LogP contribution in [0.1, 0.15) is 56.2 Å². The summed E-state index contributed by atoms with van der Waals surface area (Å²) in [5.41, 5.74) is -0.864. The predicted molar refractivity (Wildman–Crippen MR) is 93.6 cm³/mol. The van der Waals surface area contributed by atoms with Crippen molar-refractivity contribution in [1.29, 1.82) is 0 Å². The highest BCUT2D eigenvalue weighted by Crippen LogP contribution is 2.44. The Kier molecular flexibility index (Phi) is 4.00. The summed E-state index contributed by atoms with van der Waals surface area (Å²) in [4.78, 5) is 33.4. The Morgan fingerprint density at radius 2 is 1.93 bits per heavy atom. The third kappa shape index (κ3) is 2.94. The first-order chi connectivity index (χ1) is 13.0. The maximum Gasteiger partial charge on any atom is 0.313 e. The van der Waals surface area contributed by atoms with Crippen LogP contribution in [-0.2, 0) is 16.1 Å². The van der Waals surface area contributed by atoms with Gasteiger partial charge in [-0.15, -0.1) is 0 Å². The van der Waals surface area contributed by atoms with Crippen LogP contribution in [0.2, 0.25) is 0 Å². The number of amides is 1. The Morgan fingerprint density at radius 1 is 1.15 bits per heavy atom. The number of rotatable bonds is 5. The van der Waals surface area contributed by atoms with E-state index in [1.54, 1.807) is 0 Å². The van der Waals surface area contributed by atoms with Crippen LogP contribution in [0.5, 0.6) is 0 Å². The summed E-state index contributed by atoms with van der Waals surface area (Å²) in [5, 5.41) is 14.1. The van der Waals surface area contributed by atoms with Crippen molar-refractivity contribution in [2.75, 3.05) is 26.2 Å². The molecule has 0 aromatic carbocycles. The molecule has 2 atom stereocenters. The summed E-state index contributed by atoms with van der Waals surface area (Å²) < 4.78 is 5.31. The molecule has 0 spiro atoms. The molecule has 1 N–H and O–H groups in total. The number of fused-ring (bicyclic) bond motifs is 1. The fraction of sp³-hybridized carbons (Fsp3) is 0.789. The average Bonchev–Trinajstić information content (AvgIpc) is 3.05. The molecule has 2 saturated carbocycles. The Hall–Kier alpha value is -1.96. The number of hydrogen-bond acceptors (Lipinski definition) is 6. The molecule has 146 valence electrons.